The van der Waals surface area contributed by atoms with E-state index in [-0.39, 0.29) is 10.9 Å². The molecule has 7 heteroatoms. The predicted molar refractivity (Wildman–Crippen MR) is 70.0 cm³/mol. The average Bonchev–Trinajstić information content (AvgIpc) is 2.37. The number of methoxy groups -OCH3 is 1. The minimum atomic E-state index is -3.60. The molecule has 0 spiro atoms. The van der Waals surface area contributed by atoms with Crippen LogP contribution in [-0.2, 0) is 14.8 Å². The van der Waals surface area contributed by atoms with Gasteiger partial charge in [-0.3, -0.25) is 0 Å². The summed E-state index contributed by atoms with van der Waals surface area (Å²) >= 11 is 0. The molecule has 102 valence electrons. The molecule has 0 amide bonds. The Hall–Kier alpha value is -1.18. The molecule has 0 bridgehead atoms. The van der Waals surface area contributed by atoms with E-state index >= 15 is 0 Å². The molecule has 1 heterocycles. The predicted octanol–water partition coefficient (Wildman–Crippen LogP) is 0.684. The van der Waals surface area contributed by atoms with Gasteiger partial charge in [-0.15, -0.1) is 0 Å². The Labute approximate surface area is 108 Å². The Morgan fingerprint density at radius 3 is 2.83 bits per heavy atom. The molecule has 0 aromatic carbocycles. The first-order chi connectivity index (χ1) is 8.51. The molecule has 0 aliphatic carbocycles. The summed E-state index contributed by atoms with van der Waals surface area (Å²) in [4.78, 5) is 3.90. The van der Waals surface area contributed by atoms with E-state index in [9.17, 15) is 8.42 Å². The van der Waals surface area contributed by atoms with Gasteiger partial charge in [-0.05, 0) is 18.1 Å². The van der Waals surface area contributed by atoms with Gasteiger partial charge in [0.2, 0.25) is 0 Å². The second-order valence-electron chi connectivity index (χ2n) is 4.02. The second kappa shape index (κ2) is 6.67. The molecule has 0 fully saturated rings. The number of nitrogens with one attached hydrogen (secondary N) is 2. The minimum Gasteiger partial charge on any atom is -0.386 e. The fourth-order valence-electron chi connectivity index (χ4n) is 1.46. The van der Waals surface area contributed by atoms with Crippen molar-refractivity contribution in [3.8, 4) is 0 Å². The molecule has 0 saturated carbocycles. The maximum Gasteiger partial charge on any atom is 0.260 e. The number of hydrogen-bond donors (Lipinski definition) is 2. The Balaban J connectivity index is 2.80. The number of rotatable bonds is 7. The lowest BCUT2D eigenvalue weighted by Gasteiger charge is -2.13. The van der Waals surface area contributed by atoms with E-state index in [0.29, 0.717) is 18.8 Å². The van der Waals surface area contributed by atoms with Gasteiger partial charge in [-0.1, -0.05) is 6.92 Å². The molecular weight excluding hydrogens is 254 g/mol. The SMILES string of the molecule is CNc1cccnc1S(=O)(=O)NCC(C)COC. The highest BCUT2D eigenvalue weighted by atomic mass is 32.2. The van der Waals surface area contributed by atoms with E-state index in [1.54, 1.807) is 26.3 Å². The maximum atomic E-state index is 12.1. The summed E-state index contributed by atoms with van der Waals surface area (Å²) in [6, 6.07) is 3.35. The number of aromatic nitrogens is 1. The highest BCUT2D eigenvalue weighted by Gasteiger charge is 2.20. The fourth-order valence-corrected chi connectivity index (χ4v) is 2.76. The zero-order chi connectivity index (χ0) is 13.6. The molecule has 0 saturated heterocycles. The molecule has 2 N–H and O–H groups in total. The molecule has 1 unspecified atom stereocenters. The van der Waals surface area contributed by atoms with Gasteiger partial charge in [0, 0.05) is 33.5 Å². The van der Waals surface area contributed by atoms with E-state index in [2.05, 4.69) is 15.0 Å². The number of sulfonamides is 1. The van der Waals surface area contributed by atoms with Crippen molar-refractivity contribution in [2.45, 2.75) is 11.9 Å². The summed E-state index contributed by atoms with van der Waals surface area (Å²) in [7, 11) is -0.353. The summed E-state index contributed by atoms with van der Waals surface area (Å²) in [5.74, 6) is 0.103. The van der Waals surface area contributed by atoms with Crippen LogP contribution in [0.25, 0.3) is 0 Å². The first kappa shape index (κ1) is 14.9. The molecule has 1 aromatic rings. The van der Waals surface area contributed by atoms with Crippen molar-refractivity contribution in [2.24, 2.45) is 5.92 Å². The Kier molecular flexibility index (Phi) is 5.52. The van der Waals surface area contributed by atoms with Gasteiger partial charge in [-0.25, -0.2) is 18.1 Å². The molecule has 1 atom stereocenters. The number of ether oxygens (including phenoxy) is 1. The van der Waals surface area contributed by atoms with Crippen LogP contribution in [0.1, 0.15) is 6.92 Å². The van der Waals surface area contributed by atoms with E-state index in [4.69, 9.17) is 4.74 Å². The molecule has 18 heavy (non-hydrogen) atoms. The first-order valence-corrected chi connectivity index (χ1v) is 7.11. The van der Waals surface area contributed by atoms with Crippen LogP contribution in [0.3, 0.4) is 0 Å². The van der Waals surface area contributed by atoms with Crippen molar-refractivity contribution in [2.75, 3.05) is 32.6 Å². The van der Waals surface area contributed by atoms with Gasteiger partial charge in [0.1, 0.15) is 0 Å². The lowest BCUT2D eigenvalue weighted by Crippen LogP contribution is -2.31. The van der Waals surface area contributed by atoms with Crippen molar-refractivity contribution in [1.29, 1.82) is 0 Å². The highest BCUT2D eigenvalue weighted by Crippen LogP contribution is 2.16. The lowest BCUT2D eigenvalue weighted by atomic mass is 10.2. The van der Waals surface area contributed by atoms with Crippen LogP contribution in [0.5, 0.6) is 0 Å². The van der Waals surface area contributed by atoms with Crippen LogP contribution in [0.4, 0.5) is 5.69 Å². The number of hydrogen-bond acceptors (Lipinski definition) is 5. The molecule has 1 aromatic heterocycles. The van der Waals surface area contributed by atoms with Crippen molar-refractivity contribution >= 4 is 15.7 Å². The maximum absolute atomic E-state index is 12.1. The van der Waals surface area contributed by atoms with Crippen molar-refractivity contribution in [3.05, 3.63) is 18.3 Å². The summed E-state index contributed by atoms with van der Waals surface area (Å²) < 4.78 is 31.6. The van der Waals surface area contributed by atoms with E-state index in [0.717, 1.165) is 0 Å². The third-order valence-corrected chi connectivity index (χ3v) is 3.75. The molecule has 0 aliphatic heterocycles. The van der Waals surface area contributed by atoms with Crippen LogP contribution in [0, 0.1) is 5.92 Å². The molecular formula is C11H19N3O3S. The standard InChI is InChI=1S/C11H19N3O3S/c1-9(8-17-3)7-14-18(15,16)11-10(12-2)5-4-6-13-11/h4-6,9,12,14H,7-8H2,1-3H3. The molecule has 1 rings (SSSR count). The molecule has 0 radical (unpaired) electrons. The summed E-state index contributed by atoms with van der Waals surface area (Å²) in [6.07, 6.45) is 1.45. The van der Waals surface area contributed by atoms with Crippen LogP contribution in [-0.4, -0.2) is 40.7 Å². The van der Waals surface area contributed by atoms with Crippen LogP contribution < -0.4 is 10.0 Å². The van der Waals surface area contributed by atoms with Gasteiger partial charge < -0.3 is 10.1 Å². The largest absolute Gasteiger partial charge is 0.386 e. The van der Waals surface area contributed by atoms with Crippen LogP contribution >= 0.6 is 0 Å². The van der Waals surface area contributed by atoms with Gasteiger partial charge >= 0.3 is 0 Å². The zero-order valence-electron chi connectivity index (χ0n) is 10.8. The Morgan fingerprint density at radius 1 is 1.50 bits per heavy atom. The molecule has 0 aliphatic rings. The topological polar surface area (TPSA) is 80.3 Å². The van der Waals surface area contributed by atoms with Crippen LogP contribution in [0.15, 0.2) is 23.4 Å². The number of nitrogens with zero attached hydrogens (tertiary/aromatic N) is 1. The first-order valence-electron chi connectivity index (χ1n) is 5.62. The highest BCUT2D eigenvalue weighted by molar-refractivity contribution is 7.89. The zero-order valence-corrected chi connectivity index (χ0v) is 11.6. The van der Waals surface area contributed by atoms with Crippen LogP contribution in [0.2, 0.25) is 0 Å². The summed E-state index contributed by atoms with van der Waals surface area (Å²) in [5.41, 5.74) is 0.476. The summed E-state index contributed by atoms with van der Waals surface area (Å²) in [6.45, 7) is 2.73. The number of pyridine rings is 1. The Morgan fingerprint density at radius 2 is 2.22 bits per heavy atom. The minimum absolute atomic E-state index is 0.0112. The van der Waals surface area contributed by atoms with E-state index in [1.807, 2.05) is 6.92 Å². The molecule has 6 nitrogen and oxygen atoms in total. The third-order valence-electron chi connectivity index (χ3n) is 2.37. The smallest absolute Gasteiger partial charge is 0.260 e. The summed E-state index contributed by atoms with van der Waals surface area (Å²) in [5, 5.41) is 2.82. The van der Waals surface area contributed by atoms with E-state index in [1.165, 1.54) is 6.20 Å². The van der Waals surface area contributed by atoms with Gasteiger partial charge in [0.15, 0.2) is 5.03 Å². The van der Waals surface area contributed by atoms with Gasteiger partial charge in [-0.2, -0.15) is 0 Å². The van der Waals surface area contributed by atoms with E-state index < -0.39 is 10.0 Å². The van der Waals surface area contributed by atoms with Crippen molar-refractivity contribution in [1.82, 2.24) is 9.71 Å². The van der Waals surface area contributed by atoms with Gasteiger partial charge in [0.05, 0.1) is 5.69 Å². The lowest BCUT2D eigenvalue weighted by molar-refractivity contribution is 0.161. The second-order valence-corrected chi connectivity index (χ2v) is 5.70. The Bertz CT molecular complexity index is 476. The monoisotopic (exact) mass is 273 g/mol. The van der Waals surface area contributed by atoms with Gasteiger partial charge in [0.25, 0.3) is 10.0 Å². The average molecular weight is 273 g/mol. The fraction of sp³-hybridized carbons (Fsp3) is 0.545. The van der Waals surface area contributed by atoms with Crippen molar-refractivity contribution in [3.63, 3.8) is 0 Å². The quantitative estimate of drug-likeness (QED) is 0.764. The third kappa shape index (κ3) is 3.94. The van der Waals surface area contributed by atoms with Crippen molar-refractivity contribution < 1.29 is 13.2 Å². The normalized spacial score (nSPS) is 13.3. The number of anilines is 1.